The van der Waals surface area contributed by atoms with E-state index in [2.05, 4.69) is 15.8 Å². The van der Waals surface area contributed by atoms with Crippen LogP contribution in [-0.2, 0) is 21.2 Å². The number of aliphatic imine (C=N–C) groups is 1. The van der Waals surface area contributed by atoms with Crippen LogP contribution in [0.25, 0.3) is 0 Å². The Hall–Kier alpha value is -2.44. The molecule has 4 rings (SSSR count). The molecule has 3 aromatic carbocycles. The van der Waals surface area contributed by atoms with Gasteiger partial charge in [0.1, 0.15) is 0 Å². The van der Waals surface area contributed by atoms with Crippen molar-refractivity contribution >= 4 is 35.3 Å². The van der Waals surface area contributed by atoms with Gasteiger partial charge in [0.05, 0.1) is 0 Å². The van der Waals surface area contributed by atoms with E-state index in [1.165, 1.54) is 4.46 Å². The van der Waals surface area contributed by atoms with Gasteiger partial charge in [-0.2, -0.15) is 0 Å². The fraction of sp³-hybridized carbons (Fsp3) is 0.296. The van der Waals surface area contributed by atoms with E-state index in [0.29, 0.717) is 29.1 Å². The van der Waals surface area contributed by atoms with Gasteiger partial charge < -0.3 is 0 Å². The van der Waals surface area contributed by atoms with Crippen molar-refractivity contribution in [2.75, 3.05) is 6.54 Å². The Kier molecular flexibility index (Phi) is 7.58. The molecule has 1 heterocycles. The molecule has 178 valence electrons. The first kappa shape index (κ1) is 24.7. The standard InChI is InChI=1S/C27H30N2O3SSe/c1-20-13-15-23(16-14-20)33(30,31)29-22(17-21-9-5-4-6-10-21)18-34-25-12-8-7-11-24(25)26-28-19-27(2,3)32-26/h4-16,22,29H,17-19H2,1-3H3/t22-/m0/s1. The third-order valence-electron chi connectivity index (χ3n) is 5.51. The number of sulfonamides is 1. The molecule has 0 aromatic heterocycles. The molecule has 0 spiro atoms. The summed E-state index contributed by atoms with van der Waals surface area (Å²) in [6.07, 6.45) is 0.625. The van der Waals surface area contributed by atoms with Crippen LogP contribution in [0.4, 0.5) is 0 Å². The molecule has 1 atom stereocenters. The van der Waals surface area contributed by atoms with Crippen molar-refractivity contribution in [3.8, 4) is 0 Å². The molecule has 0 saturated heterocycles. The molecule has 0 fully saturated rings. The van der Waals surface area contributed by atoms with Crippen LogP contribution in [0.5, 0.6) is 0 Å². The average Bonchev–Trinajstić information content (AvgIpc) is 3.18. The van der Waals surface area contributed by atoms with E-state index in [1.807, 2.05) is 81.4 Å². The van der Waals surface area contributed by atoms with Crippen molar-refractivity contribution < 1.29 is 13.2 Å². The SMILES string of the molecule is Cc1ccc(S(=O)(=O)N[C@H](C[Se]c2ccccc2C2=NCC(C)(C)O2)Cc2ccccc2)cc1. The van der Waals surface area contributed by atoms with Gasteiger partial charge in [0.15, 0.2) is 0 Å². The zero-order valence-electron chi connectivity index (χ0n) is 19.7. The minimum absolute atomic E-state index is 0.0183. The average molecular weight is 542 g/mol. The van der Waals surface area contributed by atoms with E-state index < -0.39 is 10.0 Å². The molecule has 34 heavy (non-hydrogen) atoms. The first-order valence-corrected chi connectivity index (χ1v) is 14.9. The van der Waals surface area contributed by atoms with Gasteiger partial charge in [-0.05, 0) is 0 Å². The van der Waals surface area contributed by atoms with E-state index in [9.17, 15) is 8.42 Å². The molecule has 0 saturated carbocycles. The second-order valence-corrected chi connectivity index (χ2v) is 13.1. The van der Waals surface area contributed by atoms with Crippen molar-refractivity contribution in [2.24, 2.45) is 4.99 Å². The number of hydrogen-bond acceptors (Lipinski definition) is 4. The van der Waals surface area contributed by atoms with Crippen LogP contribution in [0.3, 0.4) is 0 Å². The van der Waals surface area contributed by atoms with Gasteiger partial charge in [0, 0.05) is 0 Å². The number of nitrogens with one attached hydrogen (secondary N) is 1. The summed E-state index contributed by atoms with van der Waals surface area (Å²) in [5.74, 6) is 0.683. The van der Waals surface area contributed by atoms with Gasteiger partial charge in [-0.15, -0.1) is 0 Å². The molecule has 3 aromatic rings. The fourth-order valence-corrected chi connectivity index (χ4v) is 7.44. The molecule has 1 aliphatic heterocycles. The molecule has 1 aliphatic rings. The van der Waals surface area contributed by atoms with Crippen LogP contribution in [0.1, 0.15) is 30.5 Å². The molecule has 0 unspecified atom stereocenters. The first-order chi connectivity index (χ1) is 16.2. The van der Waals surface area contributed by atoms with Crippen molar-refractivity contribution in [3.63, 3.8) is 0 Å². The molecule has 1 N–H and O–H groups in total. The summed E-state index contributed by atoms with van der Waals surface area (Å²) in [4.78, 5) is 4.90. The molecule has 0 bridgehead atoms. The molecule has 5 nitrogen and oxygen atoms in total. The summed E-state index contributed by atoms with van der Waals surface area (Å²) in [6, 6.07) is 24.9. The third kappa shape index (κ3) is 6.36. The van der Waals surface area contributed by atoms with Gasteiger partial charge in [-0.1, -0.05) is 0 Å². The molecular formula is C27H30N2O3SSe. The Morgan fingerprint density at radius 3 is 2.35 bits per heavy atom. The molecule has 7 heteroatoms. The van der Waals surface area contributed by atoms with Crippen LogP contribution in [-0.4, -0.2) is 47.5 Å². The normalized spacial score (nSPS) is 16.0. The Morgan fingerprint density at radius 1 is 1.00 bits per heavy atom. The van der Waals surface area contributed by atoms with Crippen LogP contribution in [0.2, 0.25) is 5.32 Å². The summed E-state index contributed by atoms with van der Waals surface area (Å²) in [7, 11) is -3.63. The molecule has 0 amide bonds. The Morgan fingerprint density at radius 2 is 1.68 bits per heavy atom. The van der Waals surface area contributed by atoms with Crippen LogP contribution in [0.15, 0.2) is 88.8 Å². The summed E-state index contributed by atoms with van der Waals surface area (Å²) in [5, 5.41) is 0.709. The molecule has 0 radical (unpaired) electrons. The second-order valence-electron chi connectivity index (χ2n) is 9.11. The minimum atomic E-state index is -3.63. The van der Waals surface area contributed by atoms with E-state index in [0.717, 1.165) is 16.7 Å². The van der Waals surface area contributed by atoms with Gasteiger partial charge in [-0.25, -0.2) is 0 Å². The fourth-order valence-electron chi connectivity index (χ4n) is 3.73. The number of aryl methyl sites for hydroxylation is 1. The Bertz CT molecular complexity index is 1260. The maximum atomic E-state index is 13.2. The number of hydrogen-bond donors (Lipinski definition) is 1. The van der Waals surface area contributed by atoms with E-state index >= 15 is 0 Å². The number of rotatable bonds is 9. The topological polar surface area (TPSA) is 67.8 Å². The zero-order valence-corrected chi connectivity index (χ0v) is 22.2. The van der Waals surface area contributed by atoms with Gasteiger partial charge in [0.2, 0.25) is 0 Å². The van der Waals surface area contributed by atoms with Crippen molar-refractivity contribution in [2.45, 2.75) is 49.0 Å². The van der Waals surface area contributed by atoms with E-state index in [-0.39, 0.29) is 26.6 Å². The van der Waals surface area contributed by atoms with E-state index in [4.69, 9.17) is 4.74 Å². The number of nitrogens with zero attached hydrogens (tertiary/aromatic N) is 1. The predicted molar refractivity (Wildman–Crippen MR) is 139 cm³/mol. The monoisotopic (exact) mass is 542 g/mol. The molecule has 0 aliphatic carbocycles. The number of ether oxygens (including phenoxy) is 1. The second kappa shape index (κ2) is 10.4. The van der Waals surface area contributed by atoms with Gasteiger partial charge >= 0.3 is 209 Å². The van der Waals surface area contributed by atoms with Gasteiger partial charge in [-0.3, -0.25) is 0 Å². The Labute approximate surface area is 208 Å². The summed E-state index contributed by atoms with van der Waals surface area (Å²) in [5.41, 5.74) is 2.84. The van der Waals surface area contributed by atoms with Crippen LogP contribution < -0.4 is 9.18 Å². The summed E-state index contributed by atoms with van der Waals surface area (Å²) >= 11 is 0.0183. The molecular weight excluding hydrogens is 511 g/mol. The quantitative estimate of drug-likeness (QED) is 0.418. The van der Waals surface area contributed by atoms with Crippen molar-refractivity contribution in [3.05, 3.63) is 95.6 Å². The third-order valence-corrected chi connectivity index (χ3v) is 9.64. The summed E-state index contributed by atoms with van der Waals surface area (Å²) in [6.45, 7) is 6.65. The van der Waals surface area contributed by atoms with Crippen molar-refractivity contribution in [1.29, 1.82) is 0 Å². The summed E-state index contributed by atoms with van der Waals surface area (Å²) < 4.78 is 36.5. The zero-order chi connectivity index (χ0) is 24.2. The van der Waals surface area contributed by atoms with Crippen LogP contribution >= 0.6 is 0 Å². The Balaban J connectivity index is 1.54. The van der Waals surface area contributed by atoms with Crippen molar-refractivity contribution in [1.82, 2.24) is 4.72 Å². The van der Waals surface area contributed by atoms with Gasteiger partial charge in [0.25, 0.3) is 0 Å². The maximum absolute atomic E-state index is 13.2. The van der Waals surface area contributed by atoms with E-state index in [1.54, 1.807) is 12.1 Å². The predicted octanol–water partition coefficient (Wildman–Crippen LogP) is 3.89. The van der Waals surface area contributed by atoms with Crippen LogP contribution in [0, 0.1) is 6.92 Å². The first-order valence-electron chi connectivity index (χ1n) is 11.3. The number of benzene rings is 3.